The number of nitro groups is 1. The first-order valence-electron chi connectivity index (χ1n) is 7.31. The second-order valence-electron chi connectivity index (χ2n) is 5.08. The molecule has 0 saturated heterocycles. The lowest BCUT2D eigenvalue weighted by Crippen LogP contribution is -2.12. The normalized spacial score (nSPS) is 10.9. The van der Waals surface area contributed by atoms with Gasteiger partial charge in [-0.3, -0.25) is 20.2 Å². The van der Waals surface area contributed by atoms with Crippen LogP contribution in [0.4, 0.5) is 16.0 Å². The van der Waals surface area contributed by atoms with Gasteiger partial charge in [0.05, 0.1) is 15.5 Å². The Bertz CT molecular complexity index is 1050. The van der Waals surface area contributed by atoms with E-state index in [1.165, 1.54) is 30.5 Å². The molecule has 0 unspecified atom stereocenters. The molecule has 11 heteroatoms. The van der Waals surface area contributed by atoms with E-state index >= 15 is 0 Å². The van der Waals surface area contributed by atoms with Crippen LogP contribution >= 0.6 is 34.5 Å². The summed E-state index contributed by atoms with van der Waals surface area (Å²) >= 11 is 12.8. The van der Waals surface area contributed by atoms with Gasteiger partial charge >= 0.3 is 0 Å². The standard InChI is InChI=1S/C16H9Cl2N5O3S/c17-10-4-5-12(13(18)7-10)14(24)20-16-22-21-15(27-16)19-8-9-2-1-3-11(6-9)23(25)26/h1-8H,(H,20,22,24). The highest BCUT2D eigenvalue weighted by molar-refractivity contribution is 7.18. The maximum atomic E-state index is 12.2. The van der Waals surface area contributed by atoms with E-state index in [1.807, 2.05) is 0 Å². The van der Waals surface area contributed by atoms with Gasteiger partial charge in [0, 0.05) is 23.4 Å². The molecule has 1 heterocycles. The molecule has 0 aliphatic carbocycles. The predicted molar refractivity (Wildman–Crippen MR) is 105 cm³/mol. The van der Waals surface area contributed by atoms with Gasteiger partial charge in [-0.25, -0.2) is 4.99 Å². The van der Waals surface area contributed by atoms with Crippen molar-refractivity contribution in [3.8, 4) is 0 Å². The van der Waals surface area contributed by atoms with Crippen LogP contribution in [-0.4, -0.2) is 27.2 Å². The Morgan fingerprint density at radius 2 is 2.04 bits per heavy atom. The fourth-order valence-corrected chi connectivity index (χ4v) is 3.08. The molecule has 0 spiro atoms. The number of hydrogen-bond donors (Lipinski definition) is 1. The SMILES string of the molecule is O=C(Nc1nnc(N=Cc2cccc([N+](=O)[O-])c2)s1)c1ccc(Cl)cc1Cl. The van der Waals surface area contributed by atoms with Crippen molar-refractivity contribution in [3.05, 3.63) is 73.8 Å². The number of rotatable bonds is 5. The fraction of sp³-hybridized carbons (Fsp3) is 0. The molecular formula is C16H9Cl2N5O3S. The second kappa shape index (κ2) is 8.21. The number of carbonyl (C=O) groups excluding carboxylic acids is 1. The number of halogens is 2. The van der Waals surface area contributed by atoms with Crippen LogP contribution in [0.2, 0.25) is 10.0 Å². The average Bonchev–Trinajstić information content (AvgIpc) is 3.07. The van der Waals surface area contributed by atoms with E-state index in [1.54, 1.807) is 18.2 Å². The Kier molecular flexibility index (Phi) is 5.75. The molecule has 0 atom stereocenters. The van der Waals surface area contributed by atoms with Crippen molar-refractivity contribution in [2.24, 2.45) is 4.99 Å². The molecule has 1 N–H and O–H groups in total. The summed E-state index contributed by atoms with van der Waals surface area (Å²) in [4.78, 5) is 26.6. The van der Waals surface area contributed by atoms with Crippen LogP contribution < -0.4 is 5.32 Å². The van der Waals surface area contributed by atoms with Gasteiger partial charge in [-0.2, -0.15) is 0 Å². The van der Waals surface area contributed by atoms with Gasteiger partial charge < -0.3 is 0 Å². The molecule has 1 amide bonds. The predicted octanol–water partition coefficient (Wildman–Crippen LogP) is 4.76. The molecule has 0 bridgehead atoms. The molecule has 136 valence electrons. The first-order chi connectivity index (χ1) is 12.9. The molecule has 27 heavy (non-hydrogen) atoms. The molecule has 0 aliphatic rings. The molecule has 0 aliphatic heterocycles. The summed E-state index contributed by atoms with van der Waals surface area (Å²) in [5, 5.41) is 22.2. The summed E-state index contributed by atoms with van der Waals surface area (Å²) in [5.41, 5.74) is 0.750. The zero-order valence-corrected chi connectivity index (χ0v) is 15.6. The topological polar surface area (TPSA) is 110 Å². The number of aliphatic imine (C=N–C) groups is 1. The number of nitro benzene ring substituents is 1. The molecule has 3 aromatic rings. The minimum Gasteiger partial charge on any atom is -0.296 e. The van der Waals surface area contributed by atoms with E-state index in [-0.39, 0.29) is 26.5 Å². The summed E-state index contributed by atoms with van der Waals surface area (Å²) < 4.78 is 0. The molecule has 0 fully saturated rings. The Balaban J connectivity index is 1.70. The Morgan fingerprint density at radius 1 is 1.22 bits per heavy atom. The molecule has 0 radical (unpaired) electrons. The van der Waals surface area contributed by atoms with Crippen molar-refractivity contribution < 1.29 is 9.72 Å². The maximum Gasteiger partial charge on any atom is 0.270 e. The molecule has 8 nitrogen and oxygen atoms in total. The smallest absolute Gasteiger partial charge is 0.270 e. The van der Waals surface area contributed by atoms with E-state index in [0.29, 0.717) is 10.6 Å². The van der Waals surface area contributed by atoms with Crippen molar-refractivity contribution in [2.75, 3.05) is 5.32 Å². The molecule has 3 rings (SSSR count). The fourth-order valence-electron chi connectivity index (χ4n) is 2.00. The number of benzene rings is 2. The molecular weight excluding hydrogens is 413 g/mol. The minimum absolute atomic E-state index is 0.0380. The zero-order valence-electron chi connectivity index (χ0n) is 13.3. The summed E-state index contributed by atoms with van der Waals surface area (Å²) in [5.74, 6) is -0.456. The second-order valence-corrected chi connectivity index (χ2v) is 6.88. The first-order valence-corrected chi connectivity index (χ1v) is 8.88. The Morgan fingerprint density at radius 3 is 2.78 bits per heavy atom. The highest BCUT2D eigenvalue weighted by Crippen LogP contribution is 2.25. The van der Waals surface area contributed by atoms with Gasteiger partial charge in [0.2, 0.25) is 10.3 Å². The summed E-state index contributed by atoms with van der Waals surface area (Å²) in [6, 6.07) is 10.5. The number of nitrogens with zero attached hydrogens (tertiary/aromatic N) is 4. The zero-order chi connectivity index (χ0) is 19.4. The number of aromatic nitrogens is 2. The Hall–Kier alpha value is -2.88. The van der Waals surface area contributed by atoms with Crippen molar-refractivity contribution >= 4 is 62.6 Å². The highest BCUT2D eigenvalue weighted by atomic mass is 35.5. The third-order valence-electron chi connectivity index (χ3n) is 3.22. The maximum absolute atomic E-state index is 12.2. The average molecular weight is 422 g/mol. The lowest BCUT2D eigenvalue weighted by molar-refractivity contribution is -0.384. The van der Waals surface area contributed by atoms with Gasteiger partial charge in [0.1, 0.15) is 0 Å². The number of hydrogen-bond acceptors (Lipinski definition) is 7. The van der Waals surface area contributed by atoms with Crippen molar-refractivity contribution in [3.63, 3.8) is 0 Å². The monoisotopic (exact) mass is 421 g/mol. The summed E-state index contributed by atoms with van der Waals surface area (Å²) in [7, 11) is 0. The van der Waals surface area contributed by atoms with Gasteiger partial charge in [0.25, 0.3) is 11.6 Å². The molecule has 2 aromatic carbocycles. The van der Waals surface area contributed by atoms with Gasteiger partial charge in [-0.15, -0.1) is 10.2 Å². The van der Waals surface area contributed by atoms with Gasteiger partial charge in [-0.1, -0.05) is 46.7 Å². The van der Waals surface area contributed by atoms with Crippen LogP contribution in [0, 0.1) is 10.1 Å². The minimum atomic E-state index is -0.488. The van der Waals surface area contributed by atoms with E-state index in [4.69, 9.17) is 23.2 Å². The lowest BCUT2D eigenvalue weighted by atomic mass is 10.2. The van der Waals surface area contributed by atoms with Gasteiger partial charge in [0.15, 0.2) is 0 Å². The number of non-ortho nitro benzene ring substituents is 1. The van der Waals surface area contributed by atoms with E-state index in [2.05, 4.69) is 20.5 Å². The van der Waals surface area contributed by atoms with Crippen molar-refractivity contribution in [2.45, 2.75) is 0 Å². The number of nitrogens with one attached hydrogen (secondary N) is 1. The lowest BCUT2D eigenvalue weighted by Gasteiger charge is -2.03. The van der Waals surface area contributed by atoms with Crippen LogP contribution in [0.25, 0.3) is 0 Å². The molecule has 1 aromatic heterocycles. The van der Waals surface area contributed by atoms with E-state index in [0.717, 1.165) is 11.3 Å². The third-order valence-corrected chi connectivity index (χ3v) is 4.51. The number of anilines is 1. The number of carbonyl (C=O) groups is 1. The van der Waals surface area contributed by atoms with Crippen LogP contribution in [0.5, 0.6) is 0 Å². The quantitative estimate of drug-likeness (QED) is 0.362. The van der Waals surface area contributed by atoms with Crippen LogP contribution in [0.1, 0.15) is 15.9 Å². The van der Waals surface area contributed by atoms with Crippen LogP contribution in [0.15, 0.2) is 47.5 Å². The third kappa shape index (κ3) is 4.85. The Labute approximate surface area is 166 Å². The summed E-state index contributed by atoms with van der Waals surface area (Å²) in [6.45, 7) is 0. The van der Waals surface area contributed by atoms with E-state index in [9.17, 15) is 14.9 Å². The number of amides is 1. The molecule has 0 saturated carbocycles. The first kappa shape index (κ1) is 18.9. The largest absolute Gasteiger partial charge is 0.296 e. The van der Waals surface area contributed by atoms with E-state index < -0.39 is 10.8 Å². The summed E-state index contributed by atoms with van der Waals surface area (Å²) in [6.07, 6.45) is 1.43. The highest BCUT2D eigenvalue weighted by Gasteiger charge is 2.13. The van der Waals surface area contributed by atoms with Crippen LogP contribution in [-0.2, 0) is 0 Å². The van der Waals surface area contributed by atoms with Crippen molar-refractivity contribution in [1.29, 1.82) is 0 Å². The van der Waals surface area contributed by atoms with Crippen molar-refractivity contribution in [1.82, 2.24) is 10.2 Å². The van der Waals surface area contributed by atoms with Gasteiger partial charge in [-0.05, 0) is 23.8 Å². The van der Waals surface area contributed by atoms with Crippen LogP contribution in [0.3, 0.4) is 0 Å².